The quantitative estimate of drug-likeness (QED) is 0.687. The molecule has 2 heterocycles. The zero-order valence-electron chi connectivity index (χ0n) is 7.56. The van der Waals surface area contributed by atoms with Crippen LogP contribution in [0, 0.1) is 0 Å². The summed E-state index contributed by atoms with van der Waals surface area (Å²) >= 11 is 1.30. The molecule has 0 aliphatic carbocycles. The van der Waals surface area contributed by atoms with Crippen molar-refractivity contribution in [2.45, 2.75) is 12.8 Å². The van der Waals surface area contributed by atoms with Crippen LogP contribution in [0.3, 0.4) is 0 Å². The Kier molecular flexibility index (Phi) is 2.22. The molecule has 1 aliphatic heterocycles. The molecule has 1 aromatic heterocycles. The highest BCUT2D eigenvalue weighted by Crippen LogP contribution is 2.28. The number of hydrogen-bond acceptors (Lipinski definition) is 5. The molecule has 0 bridgehead atoms. The highest BCUT2D eigenvalue weighted by molar-refractivity contribution is 7.14. The van der Waals surface area contributed by atoms with Gasteiger partial charge < -0.3 is 5.11 Å². The van der Waals surface area contributed by atoms with Crippen LogP contribution in [0.4, 0.5) is 0 Å². The van der Waals surface area contributed by atoms with Gasteiger partial charge in [0.2, 0.25) is 5.78 Å². The lowest BCUT2D eigenvalue weighted by Gasteiger charge is -2.26. The van der Waals surface area contributed by atoms with Crippen LogP contribution in [0.1, 0.15) is 24.9 Å². The van der Waals surface area contributed by atoms with Crippen LogP contribution in [0.15, 0.2) is 6.07 Å². The fourth-order valence-corrected chi connectivity index (χ4v) is 2.53. The van der Waals surface area contributed by atoms with Crippen LogP contribution in [-0.4, -0.2) is 35.4 Å². The Balaban J connectivity index is 2.48. The lowest BCUT2D eigenvalue weighted by atomic mass is 10.1. The second kappa shape index (κ2) is 3.27. The normalized spacial score (nSPS) is 22.1. The molecule has 0 spiro atoms. The van der Waals surface area contributed by atoms with Crippen molar-refractivity contribution in [2.24, 2.45) is 0 Å². The first-order valence-corrected chi connectivity index (χ1v) is 4.95. The summed E-state index contributed by atoms with van der Waals surface area (Å²) in [5.41, 5.74) is 0.489. The van der Waals surface area contributed by atoms with E-state index < -0.39 is 6.23 Å². The maximum absolute atomic E-state index is 11.6. The van der Waals surface area contributed by atoms with Crippen LogP contribution >= 0.6 is 11.3 Å². The number of likely N-dealkylation sites (N-methyl/N-ethyl adjacent to an activating group) is 1. The summed E-state index contributed by atoms with van der Waals surface area (Å²) in [4.78, 5) is 25.0. The van der Waals surface area contributed by atoms with E-state index in [0.29, 0.717) is 17.0 Å². The van der Waals surface area contributed by atoms with Crippen LogP contribution < -0.4 is 0 Å². The molecule has 0 amide bonds. The lowest BCUT2D eigenvalue weighted by molar-refractivity contribution is 0.0149. The number of rotatable bonds is 1. The molecular formula is C9H9NO3S. The first kappa shape index (κ1) is 9.51. The molecule has 0 fully saturated rings. The van der Waals surface area contributed by atoms with Gasteiger partial charge in [0.1, 0.15) is 0 Å². The number of aliphatic hydroxyl groups is 1. The molecular weight excluding hydrogens is 202 g/mol. The average molecular weight is 211 g/mol. The molecule has 0 aromatic carbocycles. The van der Waals surface area contributed by atoms with Gasteiger partial charge in [-0.05, 0) is 13.1 Å². The second-order valence-corrected chi connectivity index (χ2v) is 4.42. The number of carbonyl (C=O) groups is 2. The molecule has 74 valence electrons. The maximum atomic E-state index is 11.6. The molecule has 2 rings (SSSR count). The molecule has 1 N–H and O–H groups in total. The first-order valence-electron chi connectivity index (χ1n) is 4.14. The Hall–Kier alpha value is -1.04. The van der Waals surface area contributed by atoms with Crippen LogP contribution in [0.2, 0.25) is 0 Å². The zero-order valence-corrected chi connectivity index (χ0v) is 8.37. The number of aldehydes is 1. The largest absolute Gasteiger partial charge is 0.371 e. The molecule has 1 aromatic rings. The van der Waals surface area contributed by atoms with Crippen LogP contribution in [-0.2, 0) is 6.54 Å². The Bertz CT molecular complexity index is 399. The van der Waals surface area contributed by atoms with Gasteiger partial charge in [0.25, 0.3) is 0 Å². The Labute approximate surface area is 84.8 Å². The minimum absolute atomic E-state index is 0.321. The van der Waals surface area contributed by atoms with E-state index in [1.165, 1.54) is 11.3 Å². The number of Topliss-reactive ketones (excluding diaryl/α,β-unsaturated/α-hetero) is 1. The Morgan fingerprint density at radius 2 is 2.43 bits per heavy atom. The second-order valence-electron chi connectivity index (χ2n) is 3.26. The van der Waals surface area contributed by atoms with Crippen molar-refractivity contribution < 1.29 is 14.7 Å². The Morgan fingerprint density at radius 3 is 3.07 bits per heavy atom. The molecule has 0 radical (unpaired) electrons. The van der Waals surface area contributed by atoms with Crippen molar-refractivity contribution in [3.8, 4) is 0 Å². The minimum Gasteiger partial charge on any atom is -0.371 e. The topological polar surface area (TPSA) is 57.6 Å². The number of aliphatic hydroxyl groups excluding tert-OH is 1. The molecule has 14 heavy (non-hydrogen) atoms. The molecule has 1 unspecified atom stereocenters. The van der Waals surface area contributed by atoms with Crippen molar-refractivity contribution >= 4 is 23.4 Å². The smallest absolute Gasteiger partial charge is 0.207 e. The molecule has 5 heteroatoms. The summed E-state index contributed by atoms with van der Waals surface area (Å²) < 4.78 is 0. The zero-order chi connectivity index (χ0) is 10.3. The number of nitrogens with zero attached hydrogens (tertiary/aromatic N) is 1. The highest BCUT2D eigenvalue weighted by Gasteiger charge is 2.31. The van der Waals surface area contributed by atoms with E-state index in [-0.39, 0.29) is 5.78 Å². The summed E-state index contributed by atoms with van der Waals surface area (Å²) in [5.74, 6) is -0.321. The van der Waals surface area contributed by atoms with E-state index in [9.17, 15) is 14.7 Å². The van der Waals surface area contributed by atoms with Gasteiger partial charge in [-0.15, -0.1) is 11.3 Å². The molecule has 0 saturated heterocycles. The van der Waals surface area contributed by atoms with Gasteiger partial charge in [-0.3, -0.25) is 14.5 Å². The predicted molar refractivity (Wildman–Crippen MR) is 51.5 cm³/mol. The standard InChI is InChI=1S/C9H9NO3S/c1-10-3-7-6(8(12)9(10)13)2-5(4-11)14-7/h2,4,9,13H,3H2,1H3. The molecule has 1 aliphatic rings. The van der Waals surface area contributed by atoms with E-state index in [1.54, 1.807) is 18.0 Å². The minimum atomic E-state index is -1.07. The third-order valence-electron chi connectivity index (χ3n) is 2.25. The molecule has 0 saturated carbocycles. The van der Waals surface area contributed by atoms with Crippen molar-refractivity contribution in [1.29, 1.82) is 0 Å². The monoisotopic (exact) mass is 211 g/mol. The van der Waals surface area contributed by atoms with Gasteiger partial charge in [0.05, 0.1) is 4.88 Å². The van der Waals surface area contributed by atoms with E-state index >= 15 is 0 Å². The van der Waals surface area contributed by atoms with Crippen molar-refractivity contribution in [3.63, 3.8) is 0 Å². The summed E-state index contributed by atoms with van der Waals surface area (Å²) in [6.07, 6.45) is -0.348. The number of hydrogen-bond donors (Lipinski definition) is 1. The highest BCUT2D eigenvalue weighted by atomic mass is 32.1. The summed E-state index contributed by atoms with van der Waals surface area (Å²) in [7, 11) is 1.67. The SMILES string of the molecule is CN1Cc2sc(C=O)cc2C(=O)C1O. The average Bonchev–Trinajstić information content (AvgIpc) is 2.57. The van der Waals surface area contributed by atoms with Crippen molar-refractivity contribution in [3.05, 3.63) is 21.4 Å². The Morgan fingerprint density at radius 1 is 1.71 bits per heavy atom. The van der Waals surface area contributed by atoms with Crippen LogP contribution in [0.5, 0.6) is 0 Å². The summed E-state index contributed by atoms with van der Waals surface area (Å²) in [6, 6.07) is 1.55. The summed E-state index contributed by atoms with van der Waals surface area (Å²) in [6.45, 7) is 0.515. The third-order valence-corrected chi connectivity index (χ3v) is 3.30. The number of carbonyl (C=O) groups excluding carboxylic acids is 2. The number of ketones is 1. The van der Waals surface area contributed by atoms with E-state index in [4.69, 9.17) is 0 Å². The van der Waals surface area contributed by atoms with Gasteiger partial charge >= 0.3 is 0 Å². The van der Waals surface area contributed by atoms with Gasteiger partial charge in [-0.25, -0.2) is 0 Å². The van der Waals surface area contributed by atoms with E-state index in [0.717, 1.165) is 11.2 Å². The number of thiophene rings is 1. The van der Waals surface area contributed by atoms with Crippen molar-refractivity contribution in [1.82, 2.24) is 4.90 Å². The third kappa shape index (κ3) is 1.30. The van der Waals surface area contributed by atoms with Crippen molar-refractivity contribution in [2.75, 3.05) is 7.05 Å². The van der Waals surface area contributed by atoms with Gasteiger partial charge in [-0.1, -0.05) is 0 Å². The lowest BCUT2D eigenvalue weighted by Crippen LogP contribution is -2.41. The van der Waals surface area contributed by atoms with E-state index in [1.807, 2.05) is 0 Å². The van der Waals surface area contributed by atoms with E-state index in [2.05, 4.69) is 0 Å². The van der Waals surface area contributed by atoms with Gasteiger partial charge in [0, 0.05) is 17.0 Å². The first-order chi connectivity index (χ1) is 6.63. The molecule has 4 nitrogen and oxygen atoms in total. The molecule has 1 atom stereocenters. The maximum Gasteiger partial charge on any atom is 0.207 e. The number of fused-ring (bicyclic) bond motifs is 1. The predicted octanol–water partition coefficient (Wildman–Crippen LogP) is 0.507. The van der Waals surface area contributed by atoms with Gasteiger partial charge in [-0.2, -0.15) is 0 Å². The summed E-state index contributed by atoms with van der Waals surface area (Å²) in [5, 5.41) is 9.47. The van der Waals surface area contributed by atoms with Gasteiger partial charge in [0.15, 0.2) is 12.5 Å². The van der Waals surface area contributed by atoms with Crippen LogP contribution in [0.25, 0.3) is 0 Å². The fraction of sp³-hybridized carbons (Fsp3) is 0.333. The fourth-order valence-electron chi connectivity index (χ4n) is 1.49.